The third-order valence-electron chi connectivity index (χ3n) is 2.97. The van der Waals surface area contributed by atoms with Crippen LogP contribution in [0.2, 0.25) is 0 Å². The van der Waals surface area contributed by atoms with Crippen LogP contribution in [0.15, 0.2) is 22.7 Å². The fraction of sp³-hybridized carbons (Fsp3) is 0.333. The Hall–Kier alpha value is -1.58. The molecule has 0 amide bonds. The highest BCUT2D eigenvalue weighted by molar-refractivity contribution is 9.10. The van der Waals surface area contributed by atoms with Gasteiger partial charge in [-0.05, 0) is 34.1 Å². The highest BCUT2D eigenvalue weighted by Crippen LogP contribution is 2.29. The number of nitrogens with zero attached hydrogens (tertiary/aromatic N) is 2. The van der Waals surface area contributed by atoms with Gasteiger partial charge in [0.15, 0.2) is 0 Å². The van der Waals surface area contributed by atoms with E-state index in [9.17, 15) is 9.90 Å². The molecule has 1 fully saturated rings. The van der Waals surface area contributed by atoms with Crippen molar-refractivity contribution in [2.24, 2.45) is 0 Å². The SMILES string of the molecule is N#Cc1ccc(N2CC(O)CC2C(=O)O)cc1Br. The highest BCUT2D eigenvalue weighted by Gasteiger charge is 2.36. The molecule has 0 saturated carbocycles. The first-order valence-corrected chi connectivity index (χ1v) is 6.19. The predicted octanol–water partition coefficient (Wildman–Crippen LogP) is 1.34. The molecule has 1 aliphatic heterocycles. The van der Waals surface area contributed by atoms with Crippen LogP contribution in [0.3, 0.4) is 0 Å². The van der Waals surface area contributed by atoms with Crippen LogP contribution >= 0.6 is 15.9 Å². The number of aliphatic carboxylic acids is 1. The van der Waals surface area contributed by atoms with Gasteiger partial charge >= 0.3 is 5.97 Å². The molecular formula is C12H11BrN2O3. The molecule has 1 saturated heterocycles. The largest absolute Gasteiger partial charge is 0.480 e. The molecular weight excluding hydrogens is 300 g/mol. The smallest absolute Gasteiger partial charge is 0.326 e. The summed E-state index contributed by atoms with van der Waals surface area (Å²) in [4.78, 5) is 12.8. The van der Waals surface area contributed by atoms with Crippen LogP contribution in [-0.4, -0.2) is 34.9 Å². The Morgan fingerprint density at radius 1 is 1.56 bits per heavy atom. The molecule has 0 aromatic heterocycles. The van der Waals surface area contributed by atoms with E-state index in [0.29, 0.717) is 15.7 Å². The average Bonchev–Trinajstić information content (AvgIpc) is 2.71. The number of carboxylic acids is 1. The van der Waals surface area contributed by atoms with Gasteiger partial charge in [-0.15, -0.1) is 0 Å². The quantitative estimate of drug-likeness (QED) is 0.861. The average molecular weight is 311 g/mol. The number of hydrogen-bond donors (Lipinski definition) is 2. The Kier molecular flexibility index (Phi) is 3.55. The number of hydrogen-bond acceptors (Lipinski definition) is 4. The summed E-state index contributed by atoms with van der Waals surface area (Å²) in [5.74, 6) is -0.952. The second kappa shape index (κ2) is 4.96. The molecule has 2 atom stereocenters. The lowest BCUT2D eigenvalue weighted by atomic mass is 10.1. The van der Waals surface area contributed by atoms with Crippen molar-refractivity contribution >= 4 is 27.6 Å². The molecule has 1 aromatic carbocycles. The Balaban J connectivity index is 2.33. The van der Waals surface area contributed by atoms with Gasteiger partial charge in [-0.2, -0.15) is 5.26 Å². The number of halogens is 1. The van der Waals surface area contributed by atoms with Gasteiger partial charge in [0.1, 0.15) is 12.1 Å². The minimum absolute atomic E-state index is 0.215. The van der Waals surface area contributed by atoms with Crippen LogP contribution in [-0.2, 0) is 4.79 Å². The van der Waals surface area contributed by atoms with Crippen molar-refractivity contribution in [3.05, 3.63) is 28.2 Å². The van der Waals surface area contributed by atoms with E-state index in [2.05, 4.69) is 15.9 Å². The van der Waals surface area contributed by atoms with Gasteiger partial charge < -0.3 is 15.1 Å². The first-order chi connectivity index (χ1) is 8.52. The number of carbonyl (C=O) groups is 1. The van der Waals surface area contributed by atoms with Crippen molar-refractivity contribution in [3.63, 3.8) is 0 Å². The summed E-state index contributed by atoms with van der Waals surface area (Å²) in [5, 5.41) is 27.5. The van der Waals surface area contributed by atoms with Gasteiger partial charge in [0, 0.05) is 23.1 Å². The lowest BCUT2D eigenvalue weighted by Crippen LogP contribution is -2.35. The first kappa shape index (κ1) is 12.9. The number of rotatable bonds is 2. The summed E-state index contributed by atoms with van der Waals surface area (Å²) < 4.78 is 0.619. The molecule has 1 heterocycles. The van der Waals surface area contributed by atoms with Crippen LogP contribution in [0, 0.1) is 11.3 Å². The Labute approximate surface area is 112 Å². The fourth-order valence-corrected chi connectivity index (χ4v) is 2.56. The Morgan fingerprint density at radius 3 is 2.83 bits per heavy atom. The molecule has 0 bridgehead atoms. The summed E-state index contributed by atoms with van der Waals surface area (Å²) in [6.45, 7) is 0.287. The van der Waals surface area contributed by atoms with Gasteiger partial charge in [-0.3, -0.25) is 0 Å². The van der Waals surface area contributed by atoms with Crippen LogP contribution in [0.25, 0.3) is 0 Å². The monoisotopic (exact) mass is 310 g/mol. The number of carboxylic acid groups (broad SMARTS) is 1. The van der Waals surface area contributed by atoms with Gasteiger partial charge in [0.25, 0.3) is 0 Å². The second-order valence-electron chi connectivity index (χ2n) is 4.17. The number of β-amino-alcohol motifs (C(OH)–C–C–N with tert-alkyl or cyclic N) is 1. The zero-order chi connectivity index (χ0) is 13.3. The van der Waals surface area contributed by atoms with E-state index < -0.39 is 18.1 Å². The molecule has 0 aliphatic carbocycles. The Bertz CT molecular complexity index is 527. The third-order valence-corrected chi connectivity index (χ3v) is 3.62. The van der Waals surface area contributed by atoms with E-state index in [1.807, 2.05) is 6.07 Å². The normalized spacial score (nSPS) is 22.8. The molecule has 2 rings (SSSR count). The maximum atomic E-state index is 11.1. The summed E-state index contributed by atoms with van der Waals surface area (Å²) >= 11 is 3.27. The maximum absolute atomic E-state index is 11.1. The van der Waals surface area contributed by atoms with Crippen molar-refractivity contribution in [1.29, 1.82) is 5.26 Å². The van der Waals surface area contributed by atoms with Gasteiger partial charge in [-0.25, -0.2) is 4.79 Å². The minimum atomic E-state index is -0.952. The zero-order valence-corrected chi connectivity index (χ0v) is 11.0. The summed E-state index contributed by atoms with van der Waals surface area (Å²) in [5.41, 5.74) is 1.18. The summed E-state index contributed by atoms with van der Waals surface area (Å²) in [6, 6.07) is 6.32. The first-order valence-electron chi connectivity index (χ1n) is 5.40. The molecule has 94 valence electrons. The van der Waals surface area contributed by atoms with E-state index in [0.717, 1.165) is 0 Å². The van der Waals surface area contributed by atoms with Crippen molar-refractivity contribution in [1.82, 2.24) is 0 Å². The highest BCUT2D eigenvalue weighted by atomic mass is 79.9. The number of benzene rings is 1. The zero-order valence-electron chi connectivity index (χ0n) is 9.38. The molecule has 1 aliphatic rings. The van der Waals surface area contributed by atoms with Crippen LogP contribution < -0.4 is 4.90 Å². The molecule has 0 radical (unpaired) electrons. The predicted molar refractivity (Wildman–Crippen MR) is 68.3 cm³/mol. The fourth-order valence-electron chi connectivity index (χ4n) is 2.11. The molecule has 1 aromatic rings. The van der Waals surface area contributed by atoms with Crippen molar-refractivity contribution in [3.8, 4) is 6.07 Å². The van der Waals surface area contributed by atoms with Crippen LogP contribution in [0.5, 0.6) is 0 Å². The standard InChI is InChI=1S/C12H11BrN2O3/c13-10-3-8(2-1-7(10)5-14)15-6-9(16)4-11(15)12(17)18/h1-3,9,11,16H,4,6H2,(H,17,18). The summed E-state index contributed by atoms with van der Waals surface area (Å²) in [6.07, 6.45) is -0.423. The molecule has 5 nitrogen and oxygen atoms in total. The molecule has 0 spiro atoms. The van der Waals surface area contributed by atoms with Crippen molar-refractivity contribution < 1.29 is 15.0 Å². The minimum Gasteiger partial charge on any atom is -0.480 e. The number of aliphatic hydroxyl groups is 1. The number of nitriles is 1. The molecule has 2 unspecified atom stereocenters. The topological polar surface area (TPSA) is 84.6 Å². The van der Waals surface area contributed by atoms with E-state index in [1.54, 1.807) is 23.1 Å². The van der Waals surface area contributed by atoms with E-state index in [1.165, 1.54) is 0 Å². The van der Waals surface area contributed by atoms with Gasteiger partial charge in [0.2, 0.25) is 0 Å². The van der Waals surface area contributed by atoms with Gasteiger partial charge in [0.05, 0.1) is 11.7 Å². The van der Waals surface area contributed by atoms with E-state index >= 15 is 0 Å². The van der Waals surface area contributed by atoms with E-state index in [-0.39, 0.29) is 13.0 Å². The lowest BCUT2D eigenvalue weighted by Gasteiger charge is -2.23. The van der Waals surface area contributed by atoms with Crippen LogP contribution in [0.1, 0.15) is 12.0 Å². The second-order valence-corrected chi connectivity index (χ2v) is 5.03. The van der Waals surface area contributed by atoms with Crippen LogP contribution in [0.4, 0.5) is 5.69 Å². The van der Waals surface area contributed by atoms with Gasteiger partial charge in [-0.1, -0.05) is 0 Å². The molecule has 18 heavy (non-hydrogen) atoms. The Morgan fingerprint density at radius 2 is 2.28 bits per heavy atom. The maximum Gasteiger partial charge on any atom is 0.326 e. The summed E-state index contributed by atoms with van der Waals surface area (Å²) in [7, 11) is 0. The number of anilines is 1. The number of aliphatic hydroxyl groups excluding tert-OH is 1. The third kappa shape index (κ3) is 2.33. The molecule has 2 N–H and O–H groups in total. The van der Waals surface area contributed by atoms with Crippen molar-refractivity contribution in [2.45, 2.75) is 18.6 Å². The van der Waals surface area contributed by atoms with Crippen molar-refractivity contribution in [2.75, 3.05) is 11.4 Å². The lowest BCUT2D eigenvalue weighted by molar-refractivity contribution is -0.138. The van der Waals surface area contributed by atoms with E-state index in [4.69, 9.17) is 10.4 Å². The molecule has 6 heteroatoms.